The van der Waals surface area contributed by atoms with Crippen molar-refractivity contribution in [3.05, 3.63) is 69.3 Å². The molecule has 0 aliphatic rings. The second-order valence-corrected chi connectivity index (χ2v) is 7.79. The van der Waals surface area contributed by atoms with Crippen LogP contribution in [0.5, 0.6) is 0 Å². The van der Waals surface area contributed by atoms with Crippen molar-refractivity contribution >= 4 is 29.3 Å². The highest BCUT2D eigenvalue weighted by Crippen LogP contribution is 2.27. The quantitative estimate of drug-likeness (QED) is 0.333. The lowest BCUT2D eigenvalue weighted by Crippen LogP contribution is -2.46. The average molecular weight is 457 g/mol. The molecule has 176 valence electrons. The molecule has 10 nitrogen and oxygen atoms in total. The lowest BCUT2D eigenvalue weighted by molar-refractivity contribution is -0.384. The van der Waals surface area contributed by atoms with Gasteiger partial charge < -0.3 is 20.1 Å². The van der Waals surface area contributed by atoms with Gasteiger partial charge >= 0.3 is 12.1 Å². The molecule has 0 saturated heterocycles. The first kappa shape index (κ1) is 25.3. The highest BCUT2D eigenvalue weighted by atomic mass is 16.6. The van der Waals surface area contributed by atoms with E-state index in [1.807, 2.05) is 18.2 Å². The summed E-state index contributed by atoms with van der Waals surface area (Å²) in [6.07, 6.45) is -0.801. The average Bonchev–Trinajstić information content (AvgIpc) is 2.77. The molecule has 2 amide bonds. The molecule has 0 unspecified atom stereocenters. The summed E-state index contributed by atoms with van der Waals surface area (Å²) in [7, 11) is 0. The van der Waals surface area contributed by atoms with E-state index in [2.05, 4.69) is 10.6 Å². The Morgan fingerprint density at radius 3 is 2.27 bits per heavy atom. The second-order valence-electron chi connectivity index (χ2n) is 7.79. The number of aryl methyl sites for hydroxylation is 2. The van der Waals surface area contributed by atoms with Crippen LogP contribution in [0.2, 0.25) is 0 Å². The fraction of sp³-hybridized carbons (Fsp3) is 0.348. The standard InChI is InChI=1S/C23H27N3O7/c1-14(2)21(25-23(29)33-12-17-8-6-5-7-9-17)22(28)32-13-20(27)24-18-10-15(3)16(4)11-19(18)26(30)31/h5-11,14,21H,12-13H2,1-4H3,(H,24,27)(H,25,29)/t21-/m0/s1. The minimum absolute atomic E-state index is 0.00664. The highest BCUT2D eigenvalue weighted by molar-refractivity contribution is 5.95. The van der Waals surface area contributed by atoms with Crippen molar-refractivity contribution in [3.63, 3.8) is 0 Å². The van der Waals surface area contributed by atoms with E-state index in [1.165, 1.54) is 12.1 Å². The molecule has 2 aromatic carbocycles. The lowest BCUT2D eigenvalue weighted by Gasteiger charge is -2.20. The van der Waals surface area contributed by atoms with Crippen LogP contribution in [0, 0.1) is 29.9 Å². The molecule has 0 radical (unpaired) electrons. The first-order valence-corrected chi connectivity index (χ1v) is 10.3. The molecule has 0 heterocycles. The van der Waals surface area contributed by atoms with Crippen molar-refractivity contribution in [1.82, 2.24) is 5.32 Å². The summed E-state index contributed by atoms with van der Waals surface area (Å²) in [5.41, 5.74) is 1.99. The Balaban J connectivity index is 1.92. The number of nitrogens with zero attached hydrogens (tertiary/aromatic N) is 1. The molecule has 0 fully saturated rings. The summed E-state index contributed by atoms with van der Waals surface area (Å²) in [6, 6.07) is 10.8. The van der Waals surface area contributed by atoms with Gasteiger partial charge in [-0.15, -0.1) is 0 Å². The first-order chi connectivity index (χ1) is 15.6. The van der Waals surface area contributed by atoms with Gasteiger partial charge in [0.1, 0.15) is 18.3 Å². The van der Waals surface area contributed by atoms with Crippen LogP contribution in [0.1, 0.15) is 30.5 Å². The number of ether oxygens (including phenoxy) is 2. The molecule has 2 rings (SSSR count). The molecule has 2 N–H and O–H groups in total. The van der Waals surface area contributed by atoms with Crippen molar-refractivity contribution in [2.45, 2.75) is 40.3 Å². The fourth-order valence-corrected chi connectivity index (χ4v) is 2.85. The van der Waals surface area contributed by atoms with E-state index < -0.39 is 35.5 Å². The Kier molecular flexibility index (Phi) is 8.90. The molecule has 0 saturated carbocycles. The molecule has 1 atom stereocenters. The normalized spacial score (nSPS) is 11.4. The van der Waals surface area contributed by atoms with Crippen molar-refractivity contribution in [3.8, 4) is 0 Å². The number of amides is 2. The van der Waals surface area contributed by atoms with Crippen LogP contribution < -0.4 is 10.6 Å². The van der Waals surface area contributed by atoms with Gasteiger partial charge in [-0.05, 0) is 42.5 Å². The van der Waals surface area contributed by atoms with E-state index in [4.69, 9.17) is 9.47 Å². The van der Waals surface area contributed by atoms with Gasteiger partial charge in [0.2, 0.25) is 0 Å². The van der Waals surface area contributed by atoms with Gasteiger partial charge in [-0.1, -0.05) is 44.2 Å². The third-order valence-corrected chi connectivity index (χ3v) is 4.84. The number of nitrogens with one attached hydrogen (secondary N) is 2. The van der Waals surface area contributed by atoms with E-state index in [0.717, 1.165) is 11.1 Å². The Bertz CT molecular complexity index is 1020. The van der Waals surface area contributed by atoms with Gasteiger partial charge in [0.25, 0.3) is 11.6 Å². The first-order valence-electron chi connectivity index (χ1n) is 10.3. The molecule has 2 aromatic rings. The summed E-state index contributed by atoms with van der Waals surface area (Å²) in [5.74, 6) is -1.92. The van der Waals surface area contributed by atoms with E-state index in [-0.39, 0.29) is 23.9 Å². The highest BCUT2D eigenvalue weighted by Gasteiger charge is 2.27. The number of benzene rings is 2. The minimum Gasteiger partial charge on any atom is -0.454 e. The summed E-state index contributed by atoms with van der Waals surface area (Å²) in [6.45, 7) is 6.23. The number of rotatable bonds is 9. The van der Waals surface area contributed by atoms with Gasteiger partial charge in [-0.25, -0.2) is 9.59 Å². The molecule has 0 aliphatic heterocycles. The SMILES string of the molecule is Cc1cc(NC(=O)COC(=O)[C@@H](NC(=O)OCc2ccccc2)C(C)C)c([N+](=O)[O-])cc1C. The molecule has 0 spiro atoms. The van der Waals surface area contributed by atoms with Crippen LogP contribution in [0.15, 0.2) is 42.5 Å². The van der Waals surface area contributed by atoms with E-state index in [0.29, 0.717) is 5.56 Å². The predicted octanol–water partition coefficient (Wildman–Crippen LogP) is 3.64. The summed E-state index contributed by atoms with van der Waals surface area (Å²) < 4.78 is 10.1. The molecule has 0 aliphatic carbocycles. The van der Waals surface area contributed by atoms with Crippen molar-refractivity contribution < 1.29 is 28.8 Å². The van der Waals surface area contributed by atoms with Gasteiger partial charge in [0.05, 0.1) is 4.92 Å². The van der Waals surface area contributed by atoms with Gasteiger partial charge in [-0.2, -0.15) is 0 Å². The number of hydrogen-bond acceptors (Lipinski definition) is 7. The third-order valence-electron chi connectivity index (χ3n) is 4.84. The Hall–Kier alpha value is -3.95. The monoisotopic (exact) mass is 457 g/mol. The Labute approximate surface area is 191 Å². The third kappa shape index (κ3) is 7.60. The molecule has 0 bridgehead atoms. The number of carbonyl (C=O) groups excluding carboxylic acids is 3. The van der Waals surface area contributed by atoms with Crippen LogP contribution in [-0.2, 0) is 25.7 Å². The predicted molar refractivity (Wildman–Crippen MR) is 121 cm³/mol. The zero-order valence-electron chi connectivity index (χ0n) is 18.9. The molecule has 0 aromatic heterocycles. The number of esters is 1. The van der Waals surface area contributed by atoms with E-state index in [9.17, 15) is 24.5 Å². The smallest absolute Gasteiger partial charge is 0.408 e. The number of anilines is 1. The molecular formula is C23H27N3O7. The summed E-state index contributed by atoms with van der Waals surface area (Å²) in [4.78, 5) is 47.4. The zero-order chi connectivity index (χ0) is 24.5. The number of hydrogen-bond donors (Lipinski definition) is 2. The lowest BCUT2D eigenvalue weighted by atomic mass is 10.1. The van der Waals surface area contributed by atoms with Crippen LogP contribution in [0.3, 0.4) is 0 Å². The summed E-state index contributed by atoms with van der Waals surface area (Å²) >= 11 is 0. The van der Waals surface area contributed by atoms with Crippen LogP contribution in [-0.4, -0.2) is 35.5 Å². The number of nitro benzene ring substituents is 1. The Morgan fingerprint density at radius 2 is 1.67 bits per heavy atom. The van der Waals surface area contributed by atoms with E-state index in [1.54, 1.807) is 39.8 Å². The van der Waals surface area contributed by atoms with Crippen molar-refractivity contribution in [2.75, 3.05) is 11.9 Å². The van der Waals surface area contributed by atoms with Gasteiger partial charge in [-0.3, -0.25) is 14.9 Å². The summed E-state index contributed by atoms with van der Waals surface area (Å²) in [5, 5.41) is 16.1. The fourth-order valence-electron chi connectivity index (χ4n) is 2.85. The topological polar surface area (TPSA) is 137 Å². The van der Waals surface area contributed by atoms with Gasteiger partial charge in [0, 0.05) is 6.07 Å². The Morgan fingerprint density at radius 1 is 1.03 bits per heavy atom. The zero-order valence-corrected chi connectivity index (χ0v) is 18.9. The largest absolute Gasteiger partial charge is 0.454 e. The number of carbonyl (C=O) groups is 3. The number of nitro groups is 1. The van der Waals surface area contributed by atoms with Gasteiger partial charge in [0.15, 0.2) is 6.61 Å². The van der Waals surface area contributed by atoms with Crippen LogP contribution in [0.25, 0.3) is 0 Å². The van der Waals surface area contributed by atoms with Crippen LogP contribution in [0.4, 0.5) is 16.2 Å². The van der Waals surface area contributed by atoms with E-state index >= 15 is 0 Å². The second kappa shape index (κ2) is 11.6. The maximum atomic E-state index is 12.4. The van der Waals surface area contributed by atoms with Crippen molar-refractivity contribution in [1.29, 1.82) is 0 Å². The number of alkyl carbamates (subject to hydrolysis) is 1. The molecule has 10 heteroatoms. The maximum Gasteiger partial charge on any atom is 0.408 e. The van der Waals surface area contributed by atoms with Crippen LogP contribution >= 0.6 is 0 Å². The molecule has 33 heavy (non-hydrogen) atoms. The maximum absolute atomic E-state index is 12.4. The minimum atomic E-state index is -1.04. The van der Waals surface area contributed by atoms with Crippen molar-refractivity contribution in [2.24, 2.45) is 5.92 Å². The molecular weight excluding hydrogens is 430 g/mol.